The lowest BCUT2D eigenvalue weighted by atomic mass is 9.91. The number of carbonyl (C=O) groups is 6. The van der Waals surface area contributed by atoms with Crippen LogP contribution in [-0.2, 0) is 66.0 Å². The molecule has 4 heterocycles. The SMILES string of the molecule is CCOC(=O)[C@@]1(Cc2ccc(Oc3ccc(Cl)cc3)cc2)C[C@@H]1C(=O)NO.Cc1cc(COc2ccc(C[C@]3(C(=O)N4CCCC4)C[C@@H]3C(=O)NO)cc2)c2ccccc2n1.Cc1cc(COc2ccc(C[C@]3(C(=O)N4CCC[C@H]4CO)C[C@@H]3C(=O)NO)cc2)c2ccccc2n1. The Morgan fingerprint density at radius 1 is 0.536 bits per heavy atom. The number of nitrogens with zero attached hydrogens (tertiary/aromatic N) is 4. The molecule has 5 aliphatic rings. The minimum atomic E-state index is -0.929. The molecule has 97 heavy (non-hydrogen) atoms. The third-order valence-corrected chi connectivity index (χ3v) is 19.6. The Kier molecular flexibility index (Phi) is 21.5. The molecule has 13 rings (SSSR count). The van der Waals surface area contributed by atoms with E-state index in [0.717, 1.165) is 106 Å². The normalized spacial score (nSPS) is 21.8. The van der Waals surface area contributed by atoms with E-state index >= 15 is 0 Å². The van der Waals surface area contributed by atoms with Crippen LogP contribution in [0.1, 0.15) is 91.1 Å². The predicted octanol–water partition coefficient (Wildman–Crippen LogP) is 10.7. The number of rotatable bonds is 22. The van der Waals surface area contributed by atoms with Crippen LogP contribution in [-0.4, -0.2) is 115 Å². The van der Waals surface area contributed by atoms with Gasteiger partial charge in [-0.1, -0.05) is 84.4 Å². The Morgan fingerprint density at radius 2 is 0.948 bits per heavy atom. The average Bonchev–Trinajstić information content (AvgIpc) is 1.58. The zero-order valence-corrected chi connectivity index (χ0v) is 55.1. The first-order valence-electron chi connectivity index (χ1n) is 32.8. The molecule has 22 heteroatoms. The van der Waals surface area contributed by atoms with Gasteiger partial charge in [0.15, 0.2) is 0 Å². The molecule has 8 aromatic rings. The van der Waals surface area contributed by atoms with Gasteiger partial charge in [0.25, 0.3) is 0 Å². The van der Waals surface area contributed by atoms with E-state index < -0.39 is 57.7 Å². The van der Waals surface area contributed by atoms with Crippen molar-refractivity contribution in [2.75, 3.05) is 32.8 Å². The lowest BCUT2D eigenvalue weighted by Crippen LogP contribution is -2.44. The number of likely N-dealkylation sites (tertiary alicyclic amines) is 2. The third kappa shape index (κ3) is 15.7. The van der Waals surface area contributed by atoms with Crippen LogP contribution in [0.2, 0.25) is 5.02 Å². The first-order chi connectivity index (χ1) is 46.9. The summed E-state index contributed by atoms with van der Waals surface area (Å²) in [6, 6.07) is 49.5. The second kappa shape index (κ2) is 30.3. The maximum atomic E-state index is 13.5. The van der Waals surface area contributed by atoms with E-state index in [9.17, 15) is 39.1 Å². The number of esters is 1. The fourth-order valence-electron chi connectivity index (χ4n) is 13.9. The van der Waals surface area contributed by atoms with Crippen molar-refractivity contribution in [2.24, 2.45) is 34.0 Å². The topological polar surface area (TPSA) is 289 Å². The van der Waals surface area contributed by atoms with Crippen LogP contribution in [0.5, 0.6) is 23.0 Å². The molecule has 3 saturated carbocycles. The van der Waals surface area contributed by atoms with Crippen molar-refractivity contribution >= 4 is 68.9 Å². The first-order valence-corrected chi connectivity index (χ1v) is 33.2. The maximum absolute atomic E-state index is 13.5. The monoisotopic (exact) mass is 1340 g/mol. The van der Waals surface area contributed by atoms with Crippen LogP contribution in [0.25, 0.3) is 21.8 Å². The highest BCUT2D eigenvalue weighted by Gasteiger charge is 2.66. The van der Waals surface area contributed by atoms with E-state index in [1.54, 1.807) is 64.7 Å². The first kappa shape index (κ1) is 68.9. The van der Waals surface area contributed by atoms with E-state index in [1.807, 2.05) is 134 Å². The average molecular weight is 1340 g/mol. The van der Waals surface area contributed by atoms with E-state index in [1.165, 1.54) is 0 Å². The Balaban J connectivity index is 0.000000149. The molecule has 6 aromatic carbocycles. The van der Waals surface area contributed by atoms with E-state index in [0.29, 0.717) is 80.6 Å². The van der Waals surface area contributed by atoms with Gasteiger partial charge < -0.3 is 33.9 Å². The van der Waals surface area contributed by atoms with E-state index in [2.05, 4.69) is 16.0 Å². The van der Waals surface area contributed by atoms with Gasteiger partial charge in [0.05, 0.1) is 64.3 Å². The van der Waals surface area contributed by atoms with Gasteiger partial charge in [0, 0.05) is 57.9 Å². The Bertz CT molecular complexity index is 4160. The van der Waals surface area contributed by atoms with Crippen molar-refractivity contribution in [1.82, 2.24) is 36.2 Å². The van der Waals surface area contributed by atoms with Crippen molar-refractivity contribution in [3.63, 3.8) is 0 Å². The summed E-state index contributed by atoms with van der Waals surface area (Å²) in [5, 5.41) is 39.6. The summed E-state index contributed by atoms with van der Waals surface area (Å²) in [5.41, 5.74) is 11.2. The molecule has 2 saturated heterocycles. The number of amides is 5. The summed E-state index contributed by atoms with van der Waals surface area (Å²) < 4.78 is 23.0. The van der Waals surface area contributed by atoms with Crippen LogP contribution in [0.15, 0.2) is 158 Å². The van der Waals surface area contributed by atoms with Crippen LogP contribution in [0, 0.1) is 47.8 Å². The van der Waals surface area contributed by atoms with Crippen LogP contribution in [0.3, 0.4) is 0 Å². The quantitative estimate of drug-likeness (QED) is 0.0189. The number of halogens is 1. The van der Waals surface area contributed by atoms with Crippen molar-refractivity contribution in [2.45, 2.75) is 104 Å². The molecule has 5 amide bonds. The number of aromatic nitrogens is 2. The number of pyridine rings is 2. The molecule has 3 aliphatic carbocycles. The Morgan fingerprint density at radius 3 is 1.40 bits per heavy atom. The minimum Gasteiger partial charge on any atom is -0.489 e. The van der Waals surface area contributed by atoms with E-state index in [4.69, 9.17) is 41.0 Å². The number of hydrogen-bond donors (Lipinski definition) is 7. The Labute approximate surface area is 566 Å². The second-order valence-electron chi connectivity index (χ2n) is 25.8. The number of para-hydroxylation sites is 2. The molecule has 2 aromatic heterocycles. The molecular weight excluding hydrogens is 1260 g/mol. The molecule has 21 nitrogen and oxygen atoms in total. The fourth-order valence-corrected chi connectivity index (χ4v) is 14.1. The summed E-state index contributed by atoms with van der Waals surface area (Å²) in [4.78, 5) is 88.0. The van der Waals surface area contributed by atoms with Gasteiger partial charge in [-0.15, -0.1) is 0 Å². The summed E-state index contributed by atoms with van der Waals surface area (Å²) >= 11 is 5.86. The largest absolute Gasteiger partial charge is 0.489 e. The van der Waals surface area contributed by atoms with Gasteiger partial charge in [-0.2, -0.15) is 0 Å². The van der Waals surface area contributed by atoms with Gasteiger partial charge in [0.2, 0.25) is 29.5 Å². The number of hydroxylamine groups is 3. The van der Waals surface area contributed by atoms with Gasteiger partial charge in [-0.05, 0) is 187 Å². The number of ether oxygens (including phenoxy) is 4. The number of benzene rings is 6. The van der Waals surface area contributed by atoms with Crippen molar-refractivity contribution in [1.29, 1.82) is 0 Å². The smallest absolute Gasteiger partial charge is 0.313 e. The highest BCUT2D eigenvalue weighted by atomic mass is 35.5. The third-order valence-electron chi connectivity index (χ3n) is 19.3. The van der Waals surface area contributed by atoms with E-state index in [-0.39, 0.29) is 31.1 Å². The van der Waals surface area contributed by atoms with Crippen LogP contribution < -0.4 is 30.7 Å². The molecule has 5 fully saturated rings. The fraction of sp³-hybridized carbons (Fsp3) is 0.360. The van der Waals surface area contributed by atoms with Gasteiger partial charge in [-0.3, -0.25) is 54.4 Å². The maximum Gasteiger partial charge on any atom is 0.313 e. The number of aliphatic hydroxyl groups excluding tert-OH is 1. The molecule has 0 spiro atoms. The standard InChI is InChI=1S/C28H31N3O5.C27H29N3O4.C20H20ClNO5/c1-18-13-20(23-6-2-3-7-25(23)29-18)17-36-22-10-8-19(9-11-22)14-28(15-24(28)26(33)30-35)27(34)31-12-4-5-21(31)16-32;1-18-14-20(22-6-2-3-7-24(22)28-18)17-34-21-10-8-19(9-11-21)15-27(16-23(27)25(31)29-33)26(32)30-12-4-5-13-30;1-2-26-19(24)20(12-17(20)18(23)22-25)11-13-3-7-15(8-4-13)27-16-9-5-14(21)6-10-16/h2-3,6-11,13,21,24,32,35H,4-5,12,14-17H2,1H3,(H,30,33);2-3,6-11,14,23,33H,4-5,12-13,15-17H2,1H3,(H,29,31);3-10,17,25H,2,11-12H2,1H3,(H,22,23)/t21-,24+,28-;23-,27+;17-,20+/m011/s1. The summed E-state index contributed by atoms with van der Waals surface area (Å²) in [5.74, 6) is -1.01. The van der Waals surface area contributed by atoms with Gasteiger partial charge in [0.1, 0.15) is 36.2 Å². The Hall–Kier alpha value is -9.51. The lowest BCUT2D eigenvalue weighted by molar-refractivity contribution is -0.152. The van der Waals surface area contributed by atoms with Crippen molar-refractivity contribution in [3.8, 4) is 23.0 Å². The summed E-state index contributed by atoms with van der Waals surface area (Å²) in [6.07, 6.45) is 5.97. The van der Waals surface area contributed by atoms with Gasteiger partial charge in [-0.25, -0.2) is 16.4 Å². The molecule has 0 unspecified atom stereocenters. The number of nitrogens with one attached hydrogen (secondary N) is 3. The lowest BCUT2D eigenvalue weighted by Gasteiger charge is -2.28. The van der Waals surface area contributed by atoms with Crippen LogP contribution in [0.4, 0.5) is 0 Å². The number of hydrogen-bond acceptors (Lipinski definition) is 16. The number of fused-ring (bicyclic) bond motifs is 2. The zero-order valence-electron chi connectivity index (χ0n) is 54.4. The number of aliphatic hydroxyl groups is 1. The molecule has 0 bridgehead atoms. The molecule has 7 atom stereocenters. The van der Waals surface area contributed by atoms with Crippen molar-refractivity contribution in [3.05, 3.63) is 202 Å². The number of aryl methyl sites for hydroxylation is 2. The highest BCUT2D eigenvalue weighted by Crippen LogP contribution is 2.59. The minimum absolute atomic E-state index is 0.0267. The second-order valence-corrected chi connectivity index (χ2v) is 26.3. The molecule has 506 valence electrons. The molecule has 2 aliphatic heterocycles. The van der Waals surface area contributed by atoms with Crippen LogP contribution >= 0.6 is 11.6 Å². The highest BCUT2D eigenvalue weighted by molar-refractivity contribution is 6.30. The molecule has 0 radical (unpaired) electrons. The summed E-state index contributed by atoms with van der Waals surface area (Å²) in [6.45, 7) is 8.71. The summed E-state index contributed by atoms with van der Waals surface area (Å²) in [7, 11) is 0. The number of carbonyl (C=O) groups excluding carboxylic acids is 6. The molecule has 7 N–H and O–H groups in total. The van der Waals surface area contributed by atoms with Crippen molar-refractivity contribution < 1.29 is 68.4 Å². The zero-order chi connectivity index (χ0) is 68.4. The van der Waals surface area contributed by atoms with Gasteiger partial charge >= 0.3 is 5.97 Å². The molecular formula is C75H80ClN7O14. The predicted molar refractivity (Wildman–Crippen MR) is 359 cm³/mol.